The van der Waals surface area contributed by atoms with Crippen LogP contribution in [0.2, 0.25) is 6.04 Å². The van der Waals surface area contributed by atoms with Crippen molar-refractivity contribution >= 4 is 8.80 Å². The van der Waals surface area contributed by atoms with Gasteiger partial charge in [0.1, 0.15) is 0 Å². The summed E-state index contributed by atoms with van der Waals surface area (Å²) in [6.07, 6.45) is 10.8. The molecule has 0 rings (SSSR count). The SMILES string of the molecule is CCCCCCCCC[N+](C)(C)CCC[Si](OCC)(OCC)OCC. The van der Waals surface area contributed by atoms with Gasteiger partial charge in [0, 0.05) is 32.3 Å². The molecule has 5 heteroatoms. The summed E-state index contributed by atoms with van der Waals surface area (Å²) in [7, 11) is 2.24. The van der Waals surface area contributed by atoms with E-state index in [4.69, 9.17) is 13.3 Å². The summed E-state index contributed by atoms with van der Waals surface area (Å²) in [6, 6.07) is 0.932. The molecule has 0 radical (unpaired) electrons. The predicted octanol–water partition coefficient (Wildman–Crippen LogP) is 5.25. The van der Waals surface area contributed by atoms with Crippen LogP contribution in [0.5, 0.6) is 0 Å². The van der Waals surface area contributed by atoms with E-state index in [-0.39, 0.29) is 0 Å². The van der Waals surface area contributed by atoms with Gasteiger partial charge in [-0.1, -0.05) is 39.0 Å². The summed E-state index contributed by atoms with van der Waals surface area (Å²) in [4.78, 5) is 0. The summed E-state index contributed by atoms with van der Waals surface area (Å²) in [5.41, 5.74) is 0. The predicted molar refractivity (Wildman–Crippen MR) is 110 cm³/mol. The highest BCUT2D eigenvalue weighted by atomic mass is 28.4. The first-order chi connectivity index (χ1) is 11.9. The molecule has 0 fully saturated rings. The summed E-state index contributed by atoms with van der Waals surface area (Å²) in [5.74, 6) is 0. The average molecular weight is 377 g/mol. The van der Waals surface area contributed by atoms with E-state index in [1.54, 1.807) is 0 Å². The van der Waals surface area contributed by atoms with Crippen molar-refractivity contribution in [2.75, 3.05) is 47.0 Å². The molecule has 0 bridgehead atoms. The maximum atomic E-state index is 5.96. The minimum atomic E-state index is -2.46. The van der Waals surface area contributed by atoms with Crippen LogP contribution in [0.4, 0.5) is 0 Å². The number of quaternary nitrogens is 1. The first-order valence-corrected chi connectivity index (χ1v) is 12.6. The zero-order valence-electron chi connectivity index (χ0n) is 18.1. The second kappa shape index (κ2) is 15.1. The van der Waals surface area contributed by atoms with Crippen LogP contribution >= 0.6 is 0 Å². The van der Waals surface area contributed by atoms with Gasteiger partial charge in [0.15, 0.2) is 0 Å². The van der Waals surface area contributed by atoms with Crippen molar-refractivity contribution in [1.82, 2.24) is 0 Å². The van der Waals surface area contributed by atoms with Gasteiger partial charge in [-0.25, -0.2) is 0 Å². The van der Waals surface area contributed by atoms with Gasteiger partial charge in [0.05, 0.1) is 27.2 Å². The zero-order chi connectivity index (χ0) is 19.0. The van der Waals surface area contributed by atoms with Gasteiger partial charge in [0.25, 0.3) is 0 Å². The molecule has 0 heterocycles. The zero-order valence-corrected chi connectivity index (χ0v) is 19.1. The fourth-order valence-electron chi connectivity index (χ4n) is 3.33. The Morgan fingerprint density at radius 1 is 0.600 bits per heavy atom. The quantitative estimate of drug-likeness (QED) is 0.186. The molecule has 0 aromatic heterocycles. The third-order valence-corrected chi connectivity index (χ3v) is 7.86. The van der Waals surface area contributed by atoms with Gasteiger partial charge in [0.2, 0.25) is 0 Å². The van der Waals surface area contributed by atoms with Crippen LogP contribution in [-0.4, -0.2) is 60.3 Å². The Labute approximate surface area is 159 Å². The standard InChI is InChI=1S/C20H46NO3Si/c1-7-11-12-13-14-15-16-18-21(5,6)19-17-20-25(22-8-2,23-9-3)24-10-4/h7-20H2,1-6H3/q+1. The van der Waals surface area contributed by atoms with Crippen LogP contribution in [0, 0.1) is 0 Å². The second-order valence-corrected chi connectivity index (χ2v) is 10.3. The monoisotopic (exact) mass is 376 g/mol. The number of nitrogens with zero attached hydrogens (tertiary/aromatic N) is 1. The van der Waals surface area contributed by atoms with Crippen LogP contribution < -0.4 is 0 Å². The van der Waals surface area contributed by atoms with Crippen molar-refractivity contribution in [1.29, 1.82) is 0 Å². The Bertz CT molecular complexity index is 284. The molecule has 0 spiro atoms. The molecule has 0 aliphatic rings. The van der Waals surface area contributed by atoms with Crippen molar-refractivity contribution in [2.24, 2.45) is 0 Å². The summed E-state index contributed by atoms with van der Waals surface area (Å²) < 4.78 is 19.0. The van der Waals surface area contributed by atoms with E-state index >= 15 is 0 Å². The lowest BCUT2D eigenvalue weighted by molar-refractivity contribution is -0.890. The van der Waals surface area contributed by atoms with E-state index in [1.807, 2.05) is 20.8 Å². The highest BCUT2D eigenvalue weighted by Crippen LogP contribution is 2.19. The van der Waals surface area contributed by atoms with Crippen molar-refractivity contribution < 1.29 is 17.8 Å². The van der Waals surface area contributed by atoms with E-state index < -0.39 is 8.80 Å². The average Bonchev–Trinajstić information content (AvgIpc) is 2.54. The fraction of sp³-hybridized carbons (Fsp3) is 1.00. The molecule has 152 valence electrons. The van der Waals surface area contributed by atoms with Crippen LogP contribution in [-0.2, 0) is 13.3 Å². The molecule has 0 aliphatic heterocycles. The van der Waals surface area contributed by atoms with Crippen LogP contribution in [0.25, 0.3) is 0 Å². The minimum absolute atomic E-state index is 0.669. The van der Waals surface area contributed by atoms with Crippen molar-refractivity contribution in [2.45, 2.75) is 85.1 Å². The van der Waals surface area contributed by atoms with Gasteiger partial charge in [-0.2, -0.15) is 0 Å². The normalized spacial score (nSPS) is 12.7. The Kier molecular flexibility index (Phi) is 15.2. The summed E-state index contributed by atoms with van der Waals surface area (Å²) in [6.45, 7) is 12.8. The first kappa shape index (κ1) is 25.1. The highest BCUT2D eigenvalue weighted by Gasteiger charge is 2.40. The Morgan fingerprint density at radius 3 is 1.52 bits per heavy atom. The molecular weight excluding hydrogens is 330 g/mol. The lowest BCUT2D eigenvalue weighted by Crippen LogP contribution is -2.48. The van der Waals surface area contributed by atoms with E-state index in [0.717, 1.165) is 23.5 Å². The molecule has 0 atom stereocenters. The maximum absolute atomic E-state index is 5.96. The maximum Gasteiger partial charge on any atom is 0.501 e. The molecule has 0 unspecified atom stereocenters. The molecule has 0 saturated carbocycles. The highest BCUT2D eigenvalue weighted by molar-refractivity contribution is 6.60. The van der Waals surface area contributed by atoms with Crippen LogP contribution in [0.1, 0.15) is 79.1 Å². The van der Waals surface area contributed by atoms with Gasteiger partial charge in [-0.15, -0.1) is 0 Å². The minimum Gasteiger partial charge on any atom is -0.374 e. The van der Waals surface area contributed by atoms with E-state index in [2.05, 4.69) is 21.0 Å². The molecule has 0 N–H and O–H groups in total. The van der Waals surface area contributed by atoms with E-state index in [0.29, 0.717) is 19.8 Å². The number of hydrogen-bond donors (Lipinski definition) is 0. The molecule has 0 aliphatic carbocycles. The Hall–Kier alpha value is 0.0569. The van der Waals surface area contributed by atoms with Gasteiger partial charge in [-0.05, 0) is 33.6 Å². The van der Waals surface area contributed by atoms with Crippen molar-refractivity contribution in [3.63, 3.8) is 0 Å². The fourth-order valence-corrected chi connectivity index (χ4v) is 5.93. The Balaban J connectivity index is 4.10. The molecule has 0 aromatic rings. The summed E-state index contributed by atoms with van der Waals surface area (Å²) >= 11 is 0. The second-order valence-electron chi connectivity index (χ2n) is 7.59. The molecular formula is C20H46NO3Si+. The smallest absolute Gasteiger partial charge is 0.374 e. The van der Waals surface area contributed by atoms with Crippen LogP contribution in [0.15, 0.2) is 0 Å². The number of unbranched alkanes of at least 4 members (excludes halogenated alkanes) is 6. The third-order valence-electron chi connectivity index (χ3n) is 4.71. The Morgan fingerprint density at radius 2 is 1.04 bits per heavy atom. The largest absolute Gasteiger partial charge is 0.501 e. The topological polar surface area (TPSA) is 27.7 Å². The first-order valence-electron chi connectivity index (χ1n) is 10.7. The van der Waals surface area contributed by atoms with Gasteiger partial charge in [-0.3, -0.25) is 0 Å². The molecule has 0 amide bonds. The van der Waals surface area contributed by atoms with Gasteiger partial charge >= 0.3 is 8.80 Å². The van der Waals surface area contributed by atoms with Gasteiger partial charge < -0.3 is 17.8 Å². The number of rotatable bonds is 18. The molecule has 0 saturated heterocycles. The lowest BCUT2D eigenvalue weighted by Gasteiger charge is -2.32. The van der Waals surface area contributed by atoms with E-state index in [1.165, 1.54) is 51.5 Å². The van der Waals surface area contributed by atoms with Crippen molar-refractivity contribution in [3.05, 3.63) is 0 Å². The lowest BCUT2D eigenvalue weighted by atomic mass is 10.1. The van der Waals surface area contributed by atoms with Crippen LogP contribution in [0.3, 0.4) is 0 Å². The number of hydrogen-bond acceptors (Lipinski definition) is 3. The summed E-state index contributed by atoms with van der Waals surface area (Å²) in [5, 5.41) is 0. The molecule has 4 nitrogen and oxygen atoms in total. The third kappa shape index (κ3) is 13.0. The van der Waals surface area contributed by atoms with E-state index in [9.17, 15) is 0 Å². The molecule has 0 aromatic carbocycles. The van der Waals surface area contributed by atoms with Crippen molar-refractivity contribution in [3.8, 4) is 0 Å². The molecule has 25 heavy (non-hydrogen) atoms.